The molecule has 0 aliphatic heterocycles. The first kappa shape index (κ1) is 9.25. The van der Waals surface area contributed by atoms with E-state index in [9.17, 15) is 0 Å². The Kier molecular flexibility index (Phi) is 3.82. The Bertz CT molecular complexity index is 183. The second-order valence-electron chi connectivity index (χ2n) is 1.70. The Morgan fingerprint density at radius 3 is 2.10 bits per heavy atom. The maximum absolute atomic E-state index is 8.80. The van der Waals surface area contributed by atoms with Crippen molar-refractivity contribution in [1.82, 2.24) is 0 Å². The molecule has 0 saturated heterocycles. The van der Waals surface area contributed by atoms with Gasteiger partial charge in [-0.1, -0.05) is 0 Å². The molecule has 10 heavy (non-hydrogen) atoms. The molecule has 3 heteroatoms. The van der Waals surface area contributed by atoms with Gasteiger partial charge in [-0.3, -0.25) is 0 Å². The van der Waals surface area contributed by atoms with E-state index in [2.05, 4.69) is 0 Å². The molecule has 1 rings (SSSR count). The normalized spacial score (nSPS) is 8.10. The molecule has 0 heterocycles. The molecule has 1 N–H and O–H groups in total. The highest BCUT2D eigenvalue weighted by atomic mass is 31.0. The topological polar surface area (TPSA) is 29.5 Å². The van der Waals surface area contributed by atoms with E-state index in [1.54, 1.807) is 31.4 Å². The van der Waals surface area contributed by atoms with Gasteiger partial charge < -0.3 is 9.84 Å². The van der Waals surface area contributed by atoms with E-state index in [1.165, 1.54) is 0 Å². The molecule has 0 radical (unpaired) electrons. The Hall–Kier alpha value is -0.750. The molecule has 0 spiro atoms. The molecule has 0 aromatic heterocycles. The zero-order valence-electron chi connectivity index (χ0n) is 5.87. The highest BCUT2D eigenvalue weighted by Gasteiger charge is 1.87. The van der Waals surface area contributed by atoms with Crippen molar-refractivity contribution < 1.29 is 9.84 Å². The van der Waals surface area contributed by atoms with Gasteiger partial charge in [0.1, 0.15) is 11.5 Å². The summed E-state index contributed by atoms with van der Waals surface area (Å²) in [5.74, 6) is 1.02. The van der Waals surface area contributed by atoms with Gasteiger partial charge in [0.2, 0.25) is 0 Å². The van der Waals surface area contributed by atoms with E-state index in [1.807, 2.05) is 0 Å². The number of hydrogen-bond donors (Lipinski definition) is 1. The molecule has 1 aromatic rings. The van der Waals surface area contributed by atoms with E-state index < -0.39 is 0 Å². The summed E-state index contributed by atoms with van der Waals surface area (Å²) in [5.41, 5.74) is 0. The summed E-state index contributed by atoms with van der Waals surface area (Å²) in [7, 11) is 1.59. The first-order valence-corrected chi connectivity index (χ1v) is 2.66. The summed E-state index contributed by atoms with van der Waals surface area (Å²) < 4.78 is 4.86. The van der Waals surface area contributed by atoms with Crippen LogP contribution in [0.1, 0.15) is 0 Å². The van der Waals surface area contributed by atoms with Gasteiger partial charge in [-0.2, -0.15) is 9.90 Å². The van der Waals surface area contributed by atoms with Crippen molar-refractivity contribution in [2.45, 2.75) is 0 Å². The molecule has 0 saturated carbocycles. The molecule has 56 valence electrons. The first-order valence-electron chi connectivity index (χ1n) is 2.66. The number of benzene rings is 1. The lowest BCUT2D eigenvalue weighted by atomic mass is 10.3. The van der Waals surface area contributed by atoms with E-state index in [4.69, 9.17) is 9.84 Å². The van der Waals surface area contributed by atoms with E-state index in [0.717, 1.165) is 5.75 Å². The van der Waals surface area contributed by atoms with Crippen molar-refractivity contribution in [3.8, 4) is 11.5 Å². The van der Waals surface area contributed by atoms with E-state index in [0.29, 0.717) is 0 Å². The maximum Gasteiger partial charge on any atom is 0.119 e. The number of phenols is 1. The second-order valence-corrected chi connectivity index (χ2v) is 1.70. The SMILES string of the molecule is COc1ccc(O)cc1.P. The molecule has 0 aliphatic carbocycles. The highest BCUT2D eigenvalue weighted by molar-refractivity contribution is 6.92. The van der Waals surface area contributed by atoms with Crippen molar-refractivity contribution in [1.29, 1.82) is 0 Å². The Labute approximate surface area is 63.5 Å². The van der Waals surface area contributed by atoms with Crippen LogP contribution in [0.5, 0.6) is 11.5 Å². The summed E-state index contributed by atoms with van der Waals surface area (Å²) in [6.07, 6.45) is 0. The van der Waals surface area contributed by atoms with Gasteiger partial charge in [0.05, 0.1) is 7.11 Å². The fraction of sp³-hybridized carbons (Fsp3) is 0.143. The predicted molar refractivity (Wildman–Crippen MR) is 45.8 cm³/mol. The summed E-state index contributed by atoms with van der Waals surface area (Å²) in [5, 5.41) is 8.80. The van der Waals surface area contributed by atoms with Crippen LogP contribution in [-0.4, -0.2) is 12.2 Å². The largest absolute Gasteiger partial charge is 0.508 e. The van der Waals surface area contributed by atoms with Crippen LogP contribution in [0.3, 0.4) is 0 Å². The van der Waals surface area contributed by atoms with Gasteiger partial charge in [-0.15, -0.1) is 0 Å². The zero-order chi connectivity index (χ0) is 6.69. The van der Waals surface area contributed by atoms with Crippen molar-refractivity contribution >= 4 is 9.90 Å². The van der Waals surface area contributed by atoms with Crippen molar-refractivity contribution in [2.75, 3.05) is 7.11 Å². The minimum atomic E-state index is 0. The standard InChI is InChI=1S/C7H8O2.H3P/c1-9-7-4-2-6(8)3-5-7;/h2-5,8H,1H3;1H3. The number of rotatable bonds is 1. The molecule has 0 amide bonds. The Balaban J connectivity index is 0.000000810. The lowest BCUT2D eigenvalue weighted by Gasteiger charge is -1.96. The van der Waals surface area contributed by atoms with Crippen LogP contribution in [0.15, 0.2) is 24.3 Å². The molecule has 2 nitrogen and oxygen atoms in total. The number of aromatic hydroxyl groups is 1. The lowest BCUT2D eigenvalue weighted by molar-refractivity contribution is 0.412. The number of phenolic OH excluding ortho intramolecular Hbond substituents is 1. The predicted octanol–water partition coefficient (Wildman–Crippen LogP) is 1.46. The highest BCUT2D eigenvalue weighted by Crippen LogP contribution is 2.14. The van der Waals surface area contributed by atoms with Crippen LogP contribution < -0.4 is 4.74 Å². The second kappa shape index (κ2) is 4.13. The summed E-state index contributed by atoms with van der Waals surface area (Å²) >= 11 is 0. The van der Waals surface area contributed by atoms with E-state index in [-0.39, 0.29) is 15.6 Å². The zero-order valence-corrected chi connectivity index (χ0v) is 7.29. The van der Waals surface area contributed by atoms with Crippen LogP contribution >= 0.6 is 9.90 Å². The molecule has 1 unspecified atom stereocenters. The molecule has 1 atom stereocenters. The van der Waals surface area contributed by atoms with Crippen molar-refractivity contribution in [3.05, 3.63) is 24.3 Å². The van der Waals surface area contributed by atoms with Gasteiger partial charge in [0, 0.05) is 0 Å². The Morgan fingerprint density at radius 2 is 1.70 bits per heavy atom. The third-order valence-corrected chi connectivity index (χ3v) is 1.07. The van der Waals surface area contributed by atoms with Gasteiger partial charge in [-0.25, -0.2) is 0 Å². The minimum absolute atomic E-state index is 0. The lowest BCUT2D eigenvalue weighted by Crippen LogP contribution is -1.79. The van der Waals surface area contributed by atoms with Crippen molar-refractivity contribution in [2.24, 2.45) is 0 Å². The molecular formula is C7H11O2P. The molecule has 0 aliphatic rings. The smallest absolute Gasteiger partial charge is 0.119 e. The fourth-order valence-electron chi connectivity index (χ4n) is 0.582. The van der Waals surface area contributed by atoms with Gasteiger partial charge in [0.25, 0.3) is 0 Å². The molecule has 0 fully saturated rings. The van der Waals surface area contributed by atoms with Crippen LogP contribution in [0, 0.1) is 0 Å². The average molecular weight is 158 g/mol. The van der Waals surface area contributed by atoms with Crippen molar-refractivity contribution in [3.63, 3.8) is 0 Å². The minimum Gasteiger partial charge on any atom is -0.508 e. The molecule has 0 bridgehead atoms. The summed E-state index contributed by atoms with van der Waals surface area (Å²) in [4.78, 5) is 0. The average Bonchev–Trinajstić information content (AvgIpc) is 1.90. The maximum atomic E-state index is 8.80. The van der Waals surface area contributed by atoms with Crippen LogP contribution in [0.2, 0.25) is 0 Å². The van der Waals surface area contributed by atoms with Crippen LogP contribution in [0.25, 0.3) is 0 Å². The number of hydrogen-bond acceptors (Lipinski definition) is 2. The van der Waals surface area contributed by atoms with E-state index >= 15 is 0 Å². The van der Waals surface area contributed by atoms with Gasteiger partial charge in [-0.05, 0) is 24.3 Å². The fourth-order valence-corrected chi connectivity index (χ4v) is 0.582. The van der Waals surface area contributed by atoms with Gasteiger partial charge in [0.15, 0.2) is 0 Å². The third-order valence-electron chi connectivity index (χ3n) is 1.07. The molecular weight excluding hydrogens is 147 g/mol. The quantitative estimate of drug-likeness (QED) is 0.627. The van der Waals surface area contributed by atoms with Gasteiger partial charge >= 0.3 is 0 Å². The first-order chi connectivity index (χ1) is 4.33. The third kappa shape index (κ3) is 2.24. The summed E-state index contributed by atoms with van der Waals surface area (Å²) in [6, 6.07) is 6.57. The van der Waals surface area contributed by atoms with Crippen LogP contribution in [-0.2, 0) is 0 Å². The monoisotopic (exact) mass is 158 g/mol. The summed E-state index contributed by atoms with van der Waals surface area (Å²) in [6.45, 7) is 0. The number of methoxy groups -OCH3 is 1. The van der Waals surface area contributed by atoms with Crippen LogP contribution in [0.4, 0.5) is 0 Å². The Morgan fingerprint density at radius 1 is 1.20 bits per heavy atom. The molecule has 1 aromatic carbocycles. The number of ether oxygens (including phenoxy) is 1.